The number of H-pyrrole nitrogens is 1. The zero-order valence-corrected chi connectivity index (χ0v) is 14.9. The van der Waals surface area contributed by atoms with E-state index >= 15 is 0 Å². The minimum Gasteiger partial charge on any atom is -0.454 e. The van der Waals surface area contributed by atoms with Gasteiger partial charge in [0.2, 0.25) is 6.79 Å². The molecule has 0 spiro atoms. The van der Waals surface area contributed by atoms with Gasteiger partial charge in [0.05, 0.1) is 0 Å². The topological polar surface area (TPSA) is 84.5 Å². The summed E-state index contributed by atoms with van der Waals surface area (Å²) in [6.07, 6.45) is 3.91. The van der Waals surface area contributed by atoms with Crippen LogP contribution in [0.5, 0.6) is 11.5 Å². The Bertz CT molecular complexity index is 902. The minimum atomic E-state index is -0.204. The van der Waals surface area contributed by atoms with Crippen molar-refractivity contribution in [2.24, 2.45) is 5.92 Å². The van der Waals surface area contributed by atoms with E-state index in [9.17, 15) is 9.59 Å². The molecule has 1 saturated carbocycles. The largest absolute Gasteiger partial charge is 0.454 e. The fourth-order valence-electron chi connectivity index (χ4n) is 3.87. The van der Waals surface area contributed by atoms with Gasteiger partial charge in [0.25, 0.3) is 5.91 Å². The zero-order valence-electron chi connectivity index (χ0n) is 14.9. The van der Waals surface area contributed by atoms with Crippen molar-refractivity contribution in [3.63, 3.8) is 0 Å². The van der Waals surface area contributed by atoms with E-state index in [1.807, 2.05) is 6.07 Å². The molecule has 1 saturated heterocycles. The van der Waals surface area contributed by atoms with Crippen molar-refractivity contribution in [3.8, 4) is 11.5 Å². The van der Waals surface area contributed by atoms with Gasteiger partial charge >= 0.3 is 0 Å². The van der Waals surface area contributed by atoms with Gasteiger partial charge in [0, 0.05) is 36.2 Å². The molecule has 27 heavy (non-hydrogen) atoms. The van der Waals surface area contributed by atoms with Gasteiger partial charge < -0.3 is 14.4 Å². The number of carbonyl (C=O) groups is 2. The first-order valence-electron chi connectivity index (χ1n) is 9.47. The molecule has 0 unspecified atom stereocenters. The zero-order chi connectivity index (χ0) is 18.4. The summed E-state index contributed by atoms with van der Waals surface area (Å²) >= 11 is 0. The standard InChI is InChI=1S/C20H21N3O4/c24-19(13-5-6-17-18(8-13)27-11-26-17)14-2-1-7-23(10-14)20(25)16-9-15(21-22-16)12-3-4-12/h5-6,8-9,12,14H,1-4,7,10-11H2,(H,21,22)/t14-/m0/s1. The number of Topliss-reactive ketones (excluding diaryl/α,β-unsaturated/α-hetero) is 1. The summed E-state index contributed by atoms with van der Waals surface area (Å²) in [5.41, 5.74) is 2.10. The summed E-state index contributed by atoms with van der Waals surface area (Å²) in [4.78, 5) is 27.5. The highest BCUT2D eigenvalue weighted by molar-refractivity contribution is 5.99. The SMILES string of the molecule is O=C(c1ccc2c(c1)OCO2)[C@H]1CCCN(C(=O)c2cc(C3CC3)[nH]n2)C1. The van der Waals surface area contributed by atoms with E-state index < -0.39 is 0 Å². The van der Waals surface area contributed by atoms with Gasteiger partial charge in [-0.25, -0.2) is 0 Å². The van der Waals surface area contributed by atoms with E-state index in [0.29, 0.717) is 41.8 Å². The Morgan fingerprint density at radius 1 is 1.11 bits per heavy atom. The average molecular weight is 367 g/mol. The fourth-order valence-corrected chi connectivity index (χ4v) is 3.87. The van der Waals surface area contributed by atoms with E-state index in [4.69, 9.17) is 9.47 Å². The lowest BCUT2D eigenvalue weighted by molar-refractivity contribution is 0.0632. The van der Waals surface area contributed by atoms with Gasteiger partial charge in [0.1, 0.15) is 5.69 Å². The number of hydrogen-bond acceptors (Lipinski definition) is 5. The number of piperidine rings is 1. The first-order valence-corrected chi connectivity index (χ1v) is 9.47. The van der Waals surface area contributed by atoms with Gasteiger partial charge in [-0.15, -0.1) is 0 Å². The monoisotopic (exact) mass is 367 g/mol. The second-order valence-corrected chi connectivity index (χ2v) is 7.51. The molecule has 1 aromatic carbocycles. The molecule has 7 heteroatoms. The smallest absolute Gasteiger partial charge is 0.274 e. The van der Waals surface area contributed by atoms with Crippen molar-refractivity contribution in [2.45, 2.75) is 31.6 Å². The molecule has 3 heterocycles. The Morgan fingerprint density at radius 3 is 2.81 bits per heavy atom. The predicted octanol–water partition coefficient (Wildman–Crippen LogP) is 2.75. The van der Waals surface area contributed by atoms with E-state index in [1.54, 1.807) is 23.1 Å². The lowest BCUT2D eigenvalue weighted by Gasteiger charge is -2.31. The normalized spacial score (nSPS) is 21.3. The predicted molar refractivity (Wildman–Crippen MR) is 96.1 cm³/mol. The van der Waals surface area contributed by atoms with Crippen LogP contribution in [0.2, 0.25) is 0 Å². The third kappa shape index (κ3) is 3.07. The molecule has 0 bridgehead atoms. The van der Waals surface area contributed by atoms with Crippen LogP contribution in [0.4, 0.5) is 0 Å². The molecule has 0 radical (unpaired) electrons. The lowest BCUT2D eigenvalue weighted by Crippen LogP contribution is -2.42. The maximum Gasteiger partial charge on any atom is 0.274 e. The highest BCUT2D eigenvalue weighted by Gasteiger charge is 2.32. The number of aromatic amines is 1. The molecule has 5 rings (SSSR count). The van der Waals surface area contributed by atoms with Gasteiger partial charge in [0.15, 0.2) is 17.3 Å². The number of aromatic nitrogens is 2. The Morgan fingerprint density at radius 2 is 1.96 bits per heavy atom. The molecule has 1 N–H and O–H groups in total. The van der Waals surface area contributed by atoms with Crippen LogP contribution in [0.1, 0.15) is 58.1 Å². The number of ketones is 1. The van der Waals surface area contributed by atoms with Crippen molar-refractivity contribution in [2.75, 3.05) is 19.9 Å². The Labute approximate surface area is 156 Å². The summed E-state index contributed by atoms with van der Waals surface area (Å²) in [5, 5.41) is 7.17. The second-order valence-electron chi connectivity index (χ2n) is 7.51. The van der Waals surface area contributed by atoms with Crippen LogP contribution < -0.4 is 9.47 Å². The summed E-state index contributed by atoms with van der Waals surface area (Å²) < 4.78 is 10.7. The van der Waals surface area contributed by atoms with Crippen LogP contribution in [0.15, 0.2) is 24.3 Å². The van der Waals surface area contributed by atoms with E-state index in [0.717, 1.165) is 31.4 Å². The van der Waals surface area contributed by atoms with Crippen LogP contribution in [0.25, 0.3) is 0 Å². The number of ether oxygens (including phenoxy) is 2. The van der Waals surface area contributed by atoms with Crippen LogP contribution in [-0.4, -0.2) is 46.7 Å². The maximum atomic E-state index is 12.9. The maximum absolute atomic E-state index is 12.9. The van der Waals surface area contributed by atoms with Gasteiger partial charge in [-0.2, -0.15) is 5.10 Å². The molecule has 3 aliphatic rings. The van der Waals surface area contributed by atoms with E-state index in [2.05, 4.69) is 10.2 Å². The quantitative estimate of drug-likeness (QED) is 0.840. The van der Waals surface area contributed by atoms with Crippen molar-refractivity contribution in [1.82, 2.24) is 15.1 Å². The number of hydrogen-bond donors (Lipinski definition) is 1. The number of nitrogens with one attached hydrogen (secondary N) is 1. The number of carbonyl (C=O) groups excluding carboxylic acids is 2. The second kappa shape index (κ2) is 6.40. The lowest BCUT2D eigenvalue weighted by atomic mass is 9.89. The summed E-state index contributed by atoms with van der Waals surface area (Å²) in [6.45, 7) is 1.28. The van der Waals surface area contributed by atoms with Gasteiger partial charge in [-0.3, -0.25) is 14.7 Å². The number of nitrogens with zero attached hydrogens (tertiary/aromatic N) is 2. The minimum absolute atomic E-state index is 0.0477. The highest BCUT2D eigenvalue weighted by atomic mass is 16.7. The van der Waals surface area contributed by atoms with E-state index in [-0.39, 0.29) is 24.4 Å². The molecule has 1 atom stereocenters. The average Bonchev–Trinajstić information content (AvgIpc) is 3.25. The molecular formula is C20H21N3O4. The van der Waals surface area contributed by atoms with Crippen molar-refractivity contribution >= 4 is 11.7 Å². The van der Waals surface area contributed by atoms with E-state index in [1.165, 1.54) is 0 Å². The van der Waals surface area contributed by atoms with Crippen molar-refractivity contribution in [3.05, 3.63) is 41.2 Å². The summed E-state index contributed by atoms with van der Waals surface area (Å²) in [6, 6.07) is 7.14. The molecule has 1 aliphatic carbocycles. The molecule has 7 nitrogen and oxygen atoms in total. The van der Waals surface area contributed by atoms with Crippen LogP contribution in [-0.2, 0) is 0 Å². The molecule has 2 aliphatic heterocycles. The Hall–Kier alpha value is -2.83. The van der Waals surface area contributed by atoms with Crippen molar-refractivity contribution in [1.29, 1.82) is 0 Å². The Kier molecular flexibility index (Phi) is 3.88. The van der Waals surface area contributed by atoms with Crippen molar-refractivity contribution < 1.29 is 19.1 Å². The highest BCUT2D eigenvalue weighted by Crippen LogP contribution is 2.39. The molecule has 140 valence electrons. The summed E-state index contributed by atoms with van der Waals surface area (Å²) in [7, 11) is 0. The van der Waals surface area contributed by atoms with Crippen LogP contribution in [0.3, 0.4) is 0 Å². The first kappa shape index (κ1) is 16.4. The third-order valence-corrected chi connectivity index (χ3v) is 5.57. The Balaban J connectivity index is 1.29. The fraction of sp³-hybridized carbons (Fsp3) is 0.450. The van der Waals surface area contributed by atoms with Crippen LogP contribution in [0, 0.1) is 5.92 Å². The van der Waals surface area contributed by atoms with Crippen LogP contribution >= 0.6 is 0 Å². The molecule has 1 aromatic heterocycles. The molecule has 2 fully saturated rings. The first-order chi connectivity index (χ1) is 13.2. The molecule has 2 aromatic rings. The van der Waals surface area contributed by atoms with Gasteiger partial charge in [-0.05, 0) is 49.9 Å². The summed E-state index contributed by atoms with van der Waals surface area (Å²) in [5.74, 6) is 1.55. The third-order valence-electron chi connectivity index (χ3n) is 5.57. The number of likely N-dealkylation sites (tertiary alicyclic amines) is 1. The number of fused-ring (bicyclic) bond motifs is 1. The number of amides is 1. The van der Waals surface area contributed by atoms with Gasteiger partial charge in [-0.1, -0.05) is 0 Å². The molecular weight excluding hydrogens is 346 g/mol. The molecule has 1 amide bonds. The number of benzene rings is 1. The number of rotatable bonds is 4.